The molecule has 0 heterocycles. The number of Topliss-reactive ketones (excluding diaryl/α,β-unsaturated/α-hetero) is 2. The average Bonchev–Trinajstić information content (AvgIpc) is 2.93. The van der Waals surface area contributed by atoms with E-state index < -0.39 is 11.6 Å². The number of aliphatic hydroxyl groups excluding tert-OH is 1. The van der Waals surface area contributed by atoms with E-state index in [0.717, 1.165) is 0 Å². The molecular formula is C27H36O11. The smallest absolute Gasteiger partial charge is 0.233 e. The Morgan fingerprint density at radius 1 is 0.632 bits per heavy atom. The number of rotatable bonds is 22. The number of phenols is 1. The minimum atomic E-state index is -0.771. The van der Waals surface area contributed by atoms with Crippen molar-refractivity contribution in [1.29, 1.82) is 0 Å². The van der Waals surface area contributed by atoms with E-state index in [1.54, 1.807) is 12.1 Å². The predicted molar refractivity (Wildman–Crippen MR) is 136 cm³/mol. The summed E-state index contributed by atoms with van der Waals surface area (Å²) in [5, 5.41) is 18.6. The van der Waals surface area contributed by atoms with E-state index in [4.69, 9.17) is 38.3 Å². The summed E-state index contributed by atoms with van der Waals surface area (Å²) in [6.07, 6.45) is 0. The van der Waals surface area contributed by atoms with Gasteiger partial charge in [-0.3, -0.25) is 9.59 Å². The Morgan fingerprint density at radius 2 is 1.13 bits per heavy atom. The fourth-order valence-corrected chi connectivity index (χ4v) is 3.09. The topological polar surface area (TPSA) is 139 Å². The van der Waals surface area contributed by atoms with Crippen molar-refractivity contribution in [2.24, 2.45) is 0 Å². The normalized spacial score (nSPS) is 10.9. The van der Waals surface area contributed by atoms with Crippen molar-refractivity contribution in [3.8, 4) is 17.2 Å². The third-order valence-electron chi connectivity index (χ3n) is 4.91. The zero-order valence-corrected chi connectivity index (χ0v) is 21.6. The third-order valence-corrected chi connectivity index (χ3v) is 4.91. The van der Waals surface area contributed by atoms with Gasteiger partial charge in [-0.25, -0.2) is 0 Å². The van der Waals surface area contributed by atoms with E-state index in [0.29, 0.717) is 65.2 Å². The second-order valence-electron chi connectivity index (χ2n) is 7.74. The molecule has 0 spiro atoms. The first-order valence-corrected chi connectivity index (χ1v) is 12.2. The molecule has 0 unspecified atom stereocenters. The lowest BCUT2D eigenvalue weighted by atomic mass is 10.0. The van der Waals surface area contributed by atoms with Crippen molar-refractivity contribution in [1.82, 2.24) is 0 Å². The number of phenolic OH excluding ortho intramolecular Hbond substituents is 1. The first-order chi connectivity index (χ1) is 18.5. The first kappa shape index (κ1) is 31.2. The summed E-state index contributed by atoms with van der Waals surface area (Å²) in [6, 6.07) is 10.3. The van der Waals surface area contributed by atoms with Crippen LogP contribution in [0.4, 0.5) is 0 Å². The van der Waals surface area contributed by atoms with Crippen LogP contribution in [0.15, 0.2) is 42.5 Å². The highest BCUT2D eigenvalue weighted by molar-refractivity contribution is 6.49. The molecule has 38 heavy (non-hydrogen) atoms. The highest BCUT2D eigenvalue weighted by Crippen LogP contribution is 2.23. The highest BCUT2D eigenvalue weighted by atomic mass is 16.6. The molecule has 210 valence electrons. The molecule has 0 aliphatic rings. The standard InChI is InChI=1S/C27H36O11/c1-32-24-4-2-3-21(18-24)26(30)27(31)22-17-23(29)20-25(19-22)38-16-15-37-14-13-36-12-11-35-10-9-34-8-7-33-6-5-28/h2-4,17-20,28-29H,5-16H2,1H3. The van der Waals surface area contributed by atoms with Crippen LogP contribution in [0.2, 0.25) is 0 Å². The van der Waals surface area contributed by atoms with Gasteiger partial charge in [0.1, 0.15) is 23.9 Å². The molecule has 0 radical (unpaired) electrons. The number of benzene rings is 2. The van der Waals surface area contributed by atoms with E-state index in [9.17, 15) is 14.7 Å². The van der Waals surface area contributed by atoms with Gasteiger partial charge < -0.3 is 43.4 Å². The van der Waals surface area contributed by atoms with Crippen LogP contribution in [0, 0.1) is 0 Å². The number of aliphatic hydroxyl groups is 1. The lowest BCUT2D eigenvalue weighted by molar-refractivity contribution is -0.0146. The number of carbonyl (C=O) groups excluding carboxylic acids is 2. The maximum atomic E-state index is 12.7. The Bertz CT molecular complexity index is 964. The molecule has 2 rings (SSSR count). The van der Waals surface area contributed by atoms with E-state index >= 15 is 0 Å². The summed E-state index contributed by atoms with van der Waals surface area (Å²) < 4.78 is 37.3. The van der Waals surface area contributed by atoms with Gasteiger partial charge in [0.2, 0.25) is 11.6 Å². The van der Waals surface area contributed by atoms with E-state index in [-0.39, 0.29) is 42.4 Å². The summed E-state index contributed by atoms with van der Waals surface area (Å²) in [7, 11) is 1.47. The number of hydrogen-bond acceptors (Lipinski definition) is 11. The van der Waals surface area contributed by atoms with Crippen molar-refractivity contribution >= 4 is 11.6 Å². The fraction of sp³-hybridized carbons (Fsp3) is 0.481. The van der Waals surface area contributed by atoms with Gasteiger partial charge in [0.25, 0.3) is 0 Å². The van der Waals surface area contributed by atoms with Crippen LogP contribution in [-0.2, 0) is 23.7 Å². The van der Waals surface area contributed by atoms with Gasteiger partial charge in [-0.2, -0.15) is 0 Å². The molecule has 0 atom stereocenters. The van der Waals surface area contributed by atoms with Crippen LogP contribution >= 0.6 is 0 Å². The summed E-state index contributed by atoms with van der Waals surface area (Å²) in [5.41, 5.74) is 0.205. The summed E-state index contributed by atoms with van der Waals surface area (Å²) >= 11 is 0. The molecule has 0 saturated heterocycles. The molecule has 0 saturated carbocycles. The molecule has 2 N–H and O–H groups in total. The van der Waals surface area contributed by atoms with Crippen molar-refractivity contribution in [2.45, 2.75) is 0 Å². The van der Waals surface area contributed by atoms with Gasteiger partial charge in [-0.1, -0.05) is 12.1 Å². The fourth-order valence-electron chi connectivity index (χ4n) is 3.09. The van der Waals surface area contributed by atoms with Gasteiger partial charge in [0.15, 0.2) is 0 Å². The Morgan fingerprint density at radius 3 is 1.68 bits per heavy atom. The second-order valence-corrected chi connectivity index (χ2v) is 7.74. The maximum Gasteiger partial charge on any atom is 0.233 e. The van der Waals surface area contributed by atoms with Gasteiger partial charge in [0, 0.05) is 17.2 Å². The Hall–Kier alpha value is -3.06. The molecule has 0 aliphatic carbocycles. The van der Waals surface area contributed by atoms with Crippen LogP contribution in [-0.4, -0.2) is 108 Å². The predicted octanol–water partition coefficient (Wildman–Crippen LogP) is 1.92. The maximum absolute atomic E-state index is 12.7. The average molecular weight is 537 g/mol. The molecule has 2 aromatic carbocycles. The molecule has 2 aromatic rings. The summed E-state index contributed by atoms with van der Waals surface area (Å²) in [6.45, 7) is 4.17. The largest absolute Gasteiger partial charge is 0.508 e. The van der Waals surface area contributed by atoms with Crippen LogP contribution in [0.5, 0.6) is 17.2 Å². The molecule has 0 aliphatic heterocycles. The summed E-state index contributed by atoms with van der Waals surface area (Å²) in [5.74, 6) is -0.984. The van der Waals surface area contributed by atoms with Crippen LogP contribution in [0.25, 0.3) is 0 Å². The van der Waals surface area contributed by atoms with Crippen molar-refractivity contribution in [2.75, 3.05) is 86.4 Å². The van der Waals surface area contributed by atoms with Crippen LogP contribution in [0.3, 0.4) is 0 Å². The number of ketones is 2. The Balaban J connectivity index is 1.56. The zero-order chi connectivity index (χ0) is 27.4. The van der Waals surface area contributed by atoms with Crippen molar-refractivity contribution < 1.29 is 53.0 Å². The third kappa shape index (κ3) is 12.5. The number of hydrogen-bond donors (Lipinski definition) is 2. The lowest BCUT2D eigenvalue weighted by Crippen LogP contribution is -2.15. The number of ether oxygens (including phenoxy) is 7. The zero-order valence-electron chi connectivity index (χ0n) is 21.6. The van der Waals surface area contributed by atoms with E-state index in [1.807, 2.05) is 0 Å². The van der Waals surface area contributed by atoms with Crippen LogP contribution in [0.1, 0.15) is 20.7 Å². The minimum Gasteiger partial charge on any atom is -0.508 e. The van der Waals surface area contributed by atoms with Crippen molar-refractivity contribution in [3.63, 3.8) is 0 Å². The molecule has 11 nitrogen and oxygen atoms in total. The number of methoxy groups -OCH3 is 1. The molecule has 11 heteroatoms. The van der Waals surface area contributed by atoms with Crippen molar-refractivity contribution in [3.05, 3.63) is 53.6 Å². The SMILES string of the molecule is COc1cccc(C(=O)C(=O)c2cc(O)cc(OCCOCCOCCOCCOCCOCCO)c2)c1. The van der Waals surface area contributed by atoms with E-state index in [2.05, 4.69) is 0 Å². The highest BCUT2D eigenvalue weighted by Gasteiger charge is 2.20. The van der Waals surface area contributed by atoms with Crippen LogP contribution < -0.4 is 9.47 Å². The van der Waals surface area contributed by atoms with Gasteiger partial charge in [-0.05, 0) is 24.3 Å². The molecule has 0 amide bonds. The summed E-state index contributed by atoms with van der Waals surface area (Å²) in [4.78, 5) is 25.2. The lowest BCUT2D eigenvalue weighted by Gasteiger charge is -2.10. The number of carbonyl (C=O) groups is 2. The molecule has 0 fully saturated rings. The number of aromatic hydroxyl groups is 1. The van der Waals surface area contributed by atoms with E-state index in [1.165, 1.54) is 37.4 Å². The Kier molecular flexibility index (Phi) is 15.6. The van der Waals surface area contributed by atoms with Gasteiger partial charge >= 0.3 is 0 Å². The van der Waals surface area contributed by atoms with Gasteiger partial charge in [0.05, 0.1) is 79.8 Å². The molecule has 0 aromatic heterocycles. The quantitative estimate of drug-likeness (QED) is 0.130. The minimum absolute atomic E-state index is 0.00198. The monoisotopic (exact) mass is 536 g/mol. The van der Waals surface area contributed by atoms with Gasteiger partial charge in [-0.15, -0.1) is 0 Å². The molecular weight excluding hydrogens is 500 g/mol. The molecule has 0 bridgehead atoms. The Labute approximate surface area is 222 Å². The second kappa shape index (κ2) is 19.1. The first-order valence-electron chi connectivity index (χ1n) is 12.2.